The van der Waals surface area contributed by atoms with Crippen LogP contribution in [0.1, 0.15) is 27.3 Å². The number of aromatic nitrogens is 1. The van der Waals surface area contributed by atoms with Crippen LogP contribution >= 0.6 is 0 Å². The average Bonchev–Trinajstić information content (AvgIpc) is 2.24. The summed E-state index contributed by atoms with van der Waals surface area (Å²) in [7, 11) is 1.40. The summed E-state index contributed by atoms with van der Waals surface area (Å²) in [4.78, 5) is 18.1. The number of pyridine rings is 1. The second-order valence-corrected chi connectivity index (χ2v) is 6.27. The molecule has 0 N–H and O–H groups in total. The molecule has 2 radical (unpaired) electrons. The van der Waals surface area contributed by atoms with Crippen LogP contribution in [0.2, 0.25) is 4.94 Å². The molecule has 0 amide bonds. The van der Waals surface area contributed by atoms with E-state index in [0.29, 0.717) is 5.69 Å². The van der Waals surface area contributed by atoms with Gasteiger partial charge < -0.3 is 0 Å². The summed E-state index contributed by atoms with van der Waals surface area (Å²) in [6.07, 6.45) is 0. The fourth-order valence-electron chi connectivity index (χ4n) is 1.49. The third kappa shape index (κ3) is 2.33. The van der Waals surface area contributed by atoms with Crippen molar-refractivity contribution in [3.05, 3.63) is 22.5 Å². The van der Waals surface area contributed by atoms with Crippen LogP contribution in [0.25, 0.3) is 0 Å². The number of nitrogens with zero attached hydrogens (tertiary/aromatic N) is 1. The number of esters is 1. The van der Waals surface area contributed by atoms with Crippen LogP contribution in [0.4, 0.5) is 0 Å². The molecule has 1 heterocycles. The third-order valence-electron chi connectivity index (χ3n) is 2.63. The van der Waals surface area contributed by atoms with Crippen molar-refractivity contribution in [3.63, 3.8) is 0 Å². The number of carbonyl (C=O) groups is 1. The topological polar surface area (TPSA) is 39.2 Å². The van der Waals surface area contributed by atoms with Crippen LogP contribution in [0.3, 0.4) is 0 Å². The first-order valence-corrected chi connectivity index (χ1v) is 9.04. The van der Waals surface area contributed by atoms with E-state index in [1.54, 1.807) is 0 Å². The van der Waals surface area contributed by atoms with Crippen LogP contribution in [0.15, 0.2) is 0 Å². The Hall–Kier alpha value is -0.581. The molecule has 0 aliphatic rings. The van der Waals surface area contributed by atoms with Gasteiger partial charge in [-0.25, -0.2) is 0 Å². The molecule has 80 valence electrons. The Morgan fingerprint density at radius 3 is 2.33 bits per heavy atom. The first kappa shape index (κ1) is 12.5. The summed E-state index contributed by atoms with van der Waals surface area (Å²) in [5.74, 6) is -0.307. The van der Waals surface area contributed by atoms with Gasteiger partial charge in [0.2, 0.25) is 0 Å². The minimum absolute atomic E-state index is 0.307. The molecule has 1 aromatic rings. The van der Waals surface area contributed by atoms with Crippen molar-refractivity contribution in [1.29, 1.82) is 0 Å². The zero-order valence-corrected chi connectivity index (χ0v) is 12.6. The maximum atomic E-state index is 11.6. The summed E-state index contributed by atoms with van der Waals surface area (Å²) < 4.78 is 5.92. The summed E-state index contributed by atoms with van der Waals surface area (Å²) >= 11 is -0.692. The van der Waals surface area contributed by atoms with Gasteiger partial charge in [-0.05, 0) is 0 Å². The second-order valence-electron chi connectivity index (χ2n) is 3.41. The number of hydrogen-bond acceptors (Lipinski definition) is 3. The Morgan fingerprint density at radius 1 is 1.27 bits per heavy atom. The van der Waals surface area contributed by atoms with Gasteiger partial charge in [0, 0.05) is 0 Å². The van der Waals surface area contributed by atoms with Gasteiger partial charge in [0.25, 0.3) is 0 Å². The van der Waals surface area contributed by atoms with E-state index in [1.807, 2.05) is 6.92 Å². The summed E-state index contributed by atoms with van der Waals surface area (Å²) in [5, 5.41) is 0. The molecule has 0 saturated heterocycles. The van der Waals surface area contributed by atoms with E-state index in [9.17, 15) is 4.79 Å². The molecule has 0 atom stereocenters. The van der Waals surface area contributed by atoms with Gasteiger partial charge in [-0.1, -0.05) is 0 Å². The molecule has 0 spiro atoms. The van der Waals surface area contributed by atoms with Crippen molar-refractivity contribution in [3.8, 4) is 0 Å². The van der Waals surface area contributed by atoms with Crippen molar-refractivity contribution < 1.29 is 9.53 Å². The second kappa shape index (κ2) is 4.96. The zero-order chi connectivity index (χ0) is 11.6. The number of rotatable bonds is 2. The number of hydrogen-bond donors (Lipinski definition) is 0. The molecule has 15 heavy (non-hydrogen) atoms. The Morgan fingerprint density at radius 2 is 1.87 bits per heavy atom. The minimum atomic E-state index is -0.692. The van der Waals surface area contributed by atoms with Gasteiger partial charge in [-0.15, -0.1) is 0 Å². The van der Waals surface area contributed by atoms with Gasteiger partial charge in [-0.3, -0.25) is 0 Å². The number of methoxy groups -OCH3 is 1. The maximum absolute atomic E-state index is 11.6. The molecule has 3 nitrogen and oxygen atoms in total. The van der Waals surface area contributed by atoms with Gasteiger partial charge in [0.15, 0.2) is 0 Å². The molecule has 0 saturated carbocycles. The molecule has 0 unspecified atom stereocenters. The third-order valence-corrected chi connectivity index (χ3v) is 5.80. The van der Waals surface area contributed by atoms with E-state index >= 15 is 0 Å². The Kier molecular flexibility index (Phi) is 4.13. The van der Waals surface area contributed by atoms with Crippen LogP contribution < -0.4 is 3.58 Å². The zero-order valence-electron chi connectivity index (χ0n) is 9.76. The summed E-state index contributed by atoms with van der Waals surface area (Å²) in [5.41, 5.74) is 3.87. The van der Waals surface area contributed by atoms with Crippen LogP contribution in [0, 0.1) is 20.8 Å². The van der Waals surface area contributed by atoms with Crippen molar-refractivity contribution in [1.82, 2.24) is 4.98 Å². The van der Waals surface area contributed by atoms with E-state index in [1.165, 1.54) is 18.2 Å². The summed E-state index contributed by atoms with van der Waals surface area (Å²) in [6, 6.07) is 0. The SMILES string of the molecule is COC(=O)c1nc(C)c(C)c(C)[c]1[Sn][CH3]. The molecular formula is C11H15NO2Sn. The van der Waals surface area contributed by atoms with Crippen molar-refractivity contribution in [2.75, 3.05) is 7.11 Å². The molecule has 4 heteroatoms. The normalized spacial score (nSPS) is 10.2. The van der Waals surface area contributed by atoms with E-state index in [0.717, 1.165) is 9.27 Å². The molecular weight excluding hydrogens is 297 g/mol. The predicted octanol–water partition coefficient (Wildman–Crippen LogP) is 1.17. The van der Waals surface area contributed by atoms with Crippen molar-refractivity contribution >= 4 is 30.7 Å². The average molecular weight is 312 g/mol. The van der Waals surface area contributed by atoms with Gasteiger partial charge in [0.1, 0.15) is 0 Å². The van der Waals surface area contributed by atoms with E-state index in [4.69, 9.17) is 4.74 Å². The molecule has 1 rings (SSSR count). The monoisotopic (exact) mass is 313 g/mol. The van der Waals surface area contributed by atoms with Gasteiger partial charge >= 0.3 is 101 Å². The number of ether oxygens (including phenoxy) is 1. The van der Waals surface area contributed by atoms with Crippen molar-refractivity contribution in [2.45, 2.75) is 25.7 Å². The van der Waals surface area contributed by atoms with E-state index < -0.39 is 21.1 Å². The van der Waals surface area contributed by atoms with E-state index in [2.05, 4.69) is 23.8 Å². The molecule has 0 aliphatic heterocycles. The molecule has 1 aromatic heterocycles. The van der Waals surface area contributed by atoms with Gasteiger partial charge in [0.05, 0.1) is 0 Å². The van der Waals surface area contributed by atoms with Crippen LogP contribution in [-0.2, 0) is 4.74 Å². The summed E-state index contributed by atoms with van der Waals surface area (Å²) in [6.45, 7) is 6.05. The molecule has 0 aliphatic carbocycles. The number of carbonyl (C=O) groups excluding carboxylic acids is 1. The van der Waals surface area contributed by atoms with Gasteiger partial charge in [-0.2, -0.15) is 0 Å². The van der Waals surface area contributed by atoms with Crippen molar-refractivity contribution in [2.24, 2.45) is 0 Å². The first-order chi connectivity index (χ1) is 7.02. The van der Waals surface area contributed by atoms with E-state index in [-0.39, 0.29) is 5.97 Å². The first-order valence-electron chi connectivity index (χ1n) is 4.76. The Bertz CT molecular complexity index is 402. The van der Waals surface area contributed by atoms with Crippen LogP contribution in [-0.4, -0.2) is 39.2 Å². The fraction of sp³-hybridized carbons (Fsp3) is 0.455. The Balaban J connectivity index is 3.45. The standard InChI is InChI=1S/C10H12NO2.CH3.Sn/c1-6-5-9(10(12)13-4)11-8(3)7(6)2;;/h1-4H3;1H3;. The van der Waals surface area contributed by atoms with Crippen LogP contribution in [0.5, 0.6) is 0 Å². The molecule has 0 fully saturated rings. The quantitative estimate of drug-likeness (QED) is 0.608. The predicted molar refractivity (Wildman–Crippen MR) is 61.0 cm³/mol. The fourth-order valence-corrected chi connectivity index (χ4v) is 4.23. The Labute approximate surface area is 100 Å². The molecule has 0 bridgehead atoms. The molecule has 0 aromatic carbocycles. The number of aryl methyl sites for hydroxylation is 1.